The Bertz CT molecular complexity index is 567. The average molecular weight is 348 g/mol. The zero-order chi connectivity index (χ0) is 18.6. The van der Waals surface area contributed by atoms with Crippen LogP contribution in [0.15, 0.2) is 18.2 Å². The third kappa shape index (κ3) is 6.67. The van der Waals surface area contributed by atoms with Crippen LogP contribution < -0.4 is 5.32 Å². The highest BCUT2D eigenvalue weighted by atomic mass is 16.6. The summed E-state index contributed by atoms with van der Waals surface area (Å²) in [5.74, 6) is 0. The lowest BCUT2D eigenvalue weighted by atomic mass is 10.0. The number of amides is 1. The highest BCUT2D eigenvalue weighted by Crippen LogP contribution is 2.20. The number of hydrogen-bond acceptors (Lipinski definition) is 4. The van der Waals surface area contributed by atoms with Gasteiger partial charge < -0.3 is 20.1 Å². The Morgan fingerprint density at radius 3 is 2.32 bits per heavy atom. The molecule has 1 aliphatic heterocycles. The fourth-order valence-electron chi connectivity index (χ4n) is 3.29. The molecule has 0 aliphatic carbocycles. The molecule has 5 nitrogen and oxygen atoms in total. The first-order chi connectivity index (χ1) is 11.6. The first-order valence-corrected chi connectivity index (χ1v) is 9.10. The third-order valence-electron chi connectivity index (χ3n) is 4.37. The molecule has 1 aromatic rings. The smallest absolute Gasteiger partial charge is 0.407 e. The Kier molecular flexibility index (Phi) is 6.47. The van der Waals surface area contributed by atoms with E-state index >= 15 is 0 Å². The molecule has 140 valence electrons. The first kappa shape index (κ1) is 19.7. The van der Waals surface area contributed by atoms with Crippen LogP contribution in [-0.4, -0.2) is 47.4 Å². The van der Waals surface area contributed by atoms with Gasteiger partial charge >= 0.3 is 6.09 Å². The second-order valence-corrected chi connectivity index (χ2v) is 8.16. The van der Waals surface area contributed by atoms with Crippen molar-refractivity contribution in [1.29, 1.82) is 0 Å². The van der Waals surface area contributed by atoms with Crippen molar-refractivity contribution in [1.82, 2.24) is 10.2 Å². The number of aliphatic hydroxyl groups is 1. The number of hydrogen-bond donors (Lipinski definition) is 2. The normalized spacial score (nSPS) is 18.0. The number of aryl methyl sites for hydroxylation is 2. The molecule has 0 bridgehead atoms. The minimum Gasteiger partial charge on any atom is -0.444 e. The van der Waals surface area contributed by atoms with Crippen molar-refractivity contribution < 1.29 is 14.6 Å². The predicted octanol–water partition coefficient (Wildman–Crippen LogP) is 3.33. The SMILES string of the molecule is Cc1cc(C)cc(C(O)CN2CCC(NC(=O)OC(C)(C)C)CC2)c1. The van der Waals surface area contributed by atoms with Gasteiger partial charge in [0.1, 0.15) is 5.60 Å². The van der Waals surface area contributed by atoms with Crippen LogP contribution in [0.25, 0.3) is 0 Å². The van der Waals surface area contributed by atoms with E-state index in [1.165, 1.54) is 11.1 Å². The third-order valence-corrected chi connectivity index (χ3v) is 4.37. The van der Waals surface area contributed by atoms with Crippen molar-refractivity contribution in [2.24, 2.45) is 0 Å². The number of aliphatic hydroxyl groups excluding tert-OH is 1. The van der Waals surface area contributed by atoms with E-state index in [-0.39, 0.29) is 12.1 Å². The first-order valence-electron chi connectivity index (χ1n) is 9.10. The lowest BCUT2D eigenvalue weighted by molar-refractivity contribution is 0.0459. The van der Waals surface area contributed by atoms with Gasteiger partial charge in [0.05, 0.1) is 6.10 Å². The highest BCUT2D eigenvalue weighted by Gasteiger charge is 2.24. The molecule has 1 atom stereocenters. The molecule has 1 saturated heterocycles. The fraction of sp³-hybridized carbons (Fsp3) is 0.650. The van der Waals surface area contributed by atoms with Gasteiger partial charge in [-0.15, -0.1) is 0 Å². The van der Waals surface area contributed by atoms with Gasteiger partial charge in [0.15, 0.2) is 0 Å². The summed E-state index contributed by atoms with van der Waals surface area (Å²) >= 11 is 0. The summed E-state index contributed by atoms with van der Waals surface area (Å²) in [6.07, 6.45) is 0.924. The number of ether oxygens (including phenoxy) is 1. The molecule has 1 fully saturated rings. The van der Waals surface area contributed by atoms with E-state index in [1.54, 1.807) is 0 Å². The molecule has 0 spiro atoms. The monoisotopic (exact) mass is 348 g/mol. The zero-order valence-electron chi connectivity index (χ0n) is 16.1. The quantitative estimate of drug-likeness (QED) is 0.876. The van der Waals surface area contributed by atoms with E-state index in [4.69, 9.17) is 4.74 Å². The van der Waals surface area contributed by atoms with Gasteiger partial charge in [-0.05, 0) is 53.0 Å². The summed E-state index contributed by atoms with van der Waals surface area (Å²) in [6, 6.07) is 6.36. The molecule has 5 heteroatoms. The van der Waals surface area contributed by atoms with Crippen molar-refractivity contribution in [3.05, 3.63) is 34.9 Å². The van der Waals surface area contributed by atoms with E-state index in [9.17, 15) is 9.90 Å². The molecule has 1 aromatic carbocycles. The summed E-state index contributed by atoms with van der Waals surface area (Å²) in [5, 5.41) is 13.5. The fourth-order valence-corrected chi connectivity index (χ4v) is 3.29. The molecule has 2 N–H and O–H groups in total. The molecule has 0 saturated carbocycles. The van der Waals surface area contributed by atoms with Crippen LogP contribution in [-0.2, 0) is 4.74 Å². The van der Waals surface area contributed by atoms with Crippen LogP contribution in [0.4, 0.5) is 4.79 Å². The Morgan fingerprint density at radius 1 is 1.24 bits per heavy atom. The van der Waals surface area contributed by atoms with Crippen LogP contribution >= 0.6 is 0 Å². The molecule has 2 rings (SSSR count). The number of rotatable bonds is 4. The lowest BCUT2D eigenvalue weighted by Gasteiger charge is -2.34. The topological polar surface area (TPSA) is 61.8 Å². The minimum absolute atomic E-state index is 0.143. The van der Waals surface area contributed by atoms with E-state index in [0.29, 0.717) is 6.54 Å². The number of benzene rings is 1. The predicted molar refractivity (Wildman–Crippen MR) is 99.7 cm³/mol. The molecule has 1 heterocycles. The summed E-state index contributed by atoms with van der Waals surface area (Å²) in [7, 11) is 0. The molecular weight excluding hydrogens is 316 g/mol. The summed E-state index contributed by atoms with van der Waals surface area (Å²) < 4.78 is 5.31. The van der Waals surface area contributed by atoms with Crippen molar-refractivity contribution in [2.75, 3.05) is 19.6 Å². The van der Waals surface area contributed by atoms with Crippen molar-refractivity contribution in [2.45, 2.75) is 65.2 Å². The largest absolute Gasteiger partial charge is 0.444 e. The molecule has 0 radical (unpaired) electrons. The number of likely N-dealkylation sites (tertiary alicyclic amines) is 1. The molecule has 1 amide bonds. The second-order valence-electron chi connectivity index (χ2n) is 8.16. The molecule has 0 aromatic heterocycles. The van der Waals surface area contributed by atoms with Crippen LogP contribution in [0.2, 0.25) is 0 Å². The Labute approximate surface area is 151 Å². The van der Waals surface area contributed by atoms with Crippen LogP contribution in [0, 0.1) is 13.8 Å². The number of piperidine rings is 1. The van der Waals surface area contributed by atoms with E-state index < -0.39 is 11.7 Å². The van der Waals surface area contributed by atoms with Gasteiger partial charge in [-0.3, -0.25) is 0 Å². The maximum atomic E-state index is 11.8. The average Bonchev–Trinajstić information content (AvgIpc) is 2.46. The summed E-state index contributed by atoms with van der Waals surface area (Å²) in [6.45, 7) is 12.1. The molecular formula is C20H32N2O3. The minimum atomic E-state index is -0.478. The van der Waals surface area contributed by atoms with Gasteiger partial charge in [-0.25, -0.2) is 4.79 Å². The maximum Gasteiger partial charge on any atom is 0.407 e. The Morgan fingerprint density at radius 2 is 1.80 bits per heavy atom. The van der Waals surface area contributed by atoms with E-state index in [1.807, 2.05) is 20.8 Å². The number of alkyl carbamates (subject to hydrolysis) is 1. The summed E-state index contributed by atoms with van der Waals surface area (Å²) in [4.78, 5) is 14.1. The number of carbonyl (C=O) groups is 1. The molecule has 1 aliphatic rings. The van der Waals surface area contributed by atoms with Gasteiger partial charge in [0.2, 0.25) is 0 Å². The van der Waals surface area contributed by atoms with Gasteiger partial charge in [0.25, 0.3) is 0 Å². The number of carbonyl (C=O) groups excluding carboxylic acids is 1. The van der Waals surface area contributed by atoms with Crippen molar-refractivity contribution >= 4 is 6.09 Å². The number of nitrogens with one attached hydrogen (secondary N) is 1. The van der Waals surface area contributed by atoms with E-state index in [2.05, 4.69) is 42.3 Å². The van der Waals surface area contributed by atoms with Crippen molar-refractivity contribution in [3.8, 4) is 0 Å². The van der Waals surface area contributed by atoms with Gasteiger partial charge in [-0.1, -0.05) is 29.3 Å². The number of nitrogens with zero attached hydrogens (tertiary/aromatic N) is 1. The second kappa shape index (κ2) is 8.19. The van der Waals surface area contributed by atoms with Gasteiger partial charge in [-0.2, -0.15) is 0 Å². The van der Waals surface area contributed by atoms with Crippen LogP contribution in [0.5, 0.6) is 0 Å². The standard InChI is InChI=1S/C20H32N2O3/c1-14-10-15(2)12-16(11-14)18(23)13-22-8-6-17(7-9-22)21-19(24)25-20(3,4)5/h10-12,17-18,23H,6-9,13H2,1-5H3,(H,21,24). The van der Waals surface area contributed by atoms with Crippen LogP contribution in [0.3, 0.4) is 0 Å². The van der Waals surface area contributed by atoms with Gasteiger partial charge in [0, 0.05) is 25.7 Å². The highest BCUT2D eigenvalue weighted by molar-refractivity contribution is 5.68. The zero-order valence-corrected chi connectivity index (χ0v) is 16.1. The Balaban J connectivity index is 1.79. The van der Waals surface area contributed by atoms with Crippen molar-refractivity contribution in [3.63, 3.8) is 0 Å². The molecule has 1 unspecified atom stereocenters. The van der Waals surface area contributed by atoms with E-state index in [0.717, 1.165) is 31.5 Å². The number of β-amino-alcohol motifs (C(OH)–C–C–N with tert-alkyl or cyclic N) is 1. The summed E-state index contributed by atoms with van der Waals surface area (Å²) in [5.41, 5.74) is 2.86. The maximum absolute atomic E-state index is 11.8. The molecule has 25 heavy (non-hydrogen) atoms. The Hall–Kier alpha value is -1.59. The van der Waals surface area contributed by atoms with Crippen LogP contribution in [0.1, 0.15) is 56.4 Å². The lowest BCUT2D eigenvalue weighted by Crippen LogP contribution is -2.46.